The second-order valence-corrected chi connectivity index (χ2v) is 5.36. The summed E-state index contributed by atoms with van der Waals surface area (Å²) in [4.78, 5) is 22.1. The fourth-order valence-corrected chi connectivity index (χ4v) is 2.80. The average molecular weight is 323 g/mol. The Balaban J connectivity index is 2.15. The van der Waals surface area contributed by atoms with Crippen LogP contribution in [0.5, 0.6) is 0 Å². The summed E-state index contributed by atoms with van der Waals surface area (Å²) >= 11 is 5.52. The van der Waals surface area contributed by atoms with E-state index in [-0.39, 0.29) is 18.0 Å². The Morgan fingerprint density at radius 2 is 1.71 bits per heavy atom. The summed E-state index contributed by atoms with van der Waals surface area (Å²) in [5.41, 5.74) is -0.887. The average Bonchev–Trinajstić information content (AvgIpc) is 2.36. The van der Waals surface area contributed by atoms with Gasteiger partial charge in [0.25, 0.3) is 0 Å². The molecule has 0 radical (unpaired) electrons. The second-order valence-electron chi connectivity index (χ2n) is 5.03. The van der Waals surface area contributed by atoms with Crippen LogP contribution < -0.4 is 4.90 Å². The summed E-state index contributed by atoms with van der Waals surface area (Å²) < 4.78 is 37.4. The van der Waals surface area contributed by atoms with Crippen molar-refractivity contribution in [3.8, 4) is 0 Å². The Hall–Kier alpha value is -1.57. The minimum atomic E-state index is -4.46. The molecular weight excluding hydrogens is 309 g/mol. The molecule has 0 aromatic carbocycles. The highest BCUT2D eigenvalue weighted by Gasteiger charge is 2.34. The molecule has 5 nitrogen and oxygen atoms in total. The quantitative estimate of drug-likeness (QED) is 0.589. The monoisotopic (exact) mass is 322 g/mol. The van der Waals surface area contributed by atoms with E-state index in [1.165, 1.54) is 4.90 Å². The highest BCUT2D eigenvalue weighted by atomic mass is 35.5. The number of halogens is 4. The van der Waals surface area contributed by atoms with Crippen molar-refractivity contribution in [1.82, 2.24) is 14.9 Å². The Morgan fingerprint density at radius 1 is 1.24 bits per heavy atom. The lowest BCUT2D eigenvalue weighted by Crippen LogP contribution is -2.57. The summed E-state index contributed by atoms with van der Waals surface area (Å²) in [7, 11) is 0. The van der Waals surface area contributed by atoms with Crippen LogP contribution >= 0.6 is 11.6 Å². The highest BCUT2D eigenvalue weighted by Crippen LogP contribution is 2.29. The van der Waals surface area contributed by atoms with Crippen molar-refractivity contribution < 1.29 is 18.0 Å². The van der Waals surface area contributed by atoms with Crippen LogP contribution in [0.3, 0.4) is 0 Å². The first-order chi connectivity index (χ1) is 9.70. The lowest BCUT2D eigenvalue weighted by molar-refractivity contribution is -0.138. The van der Waals surface area contributed by atoms with Gasteiger partial charge in [-0.2, -0.15) is 13.2 Å². The number of hydrogen-bond acceptors (Lipinski definition) is 4. The molecule has 0 unspecified atom stereocenters. The van der Waals surface area contributed by atoms with Crippen molar-refractivity contribution in [2.45, 2.75) is 32.1 Å². The van der Waals surface area contributed by atoms with Gasteiger partial charge in [-0.15, -0.1) is 0 Å². The third-order valence-corrected chi connectivity index (χ3v) is 3.57. The molecule has 0 bridgehead atoms. The van der Waals surface area contributed by atoms with E-state index in [1.54, 1.807) is 4.90 Å². The van der Waals surface area contributed by atoms with E-state index >= 15 is 0 Å². The predicted octanol–water partition coefficient (Wildman–Crippen LogP) is 2.75. The number of piperazine rings is 1. The lowest BCUT2D eigenvalue weighted by atomic mass is 10.1. The van der Waals surface area contributed by atoms with Crippen LogP contribution in [0, 0.1) is 0 Å². The maximum atomic E-state index is 12.5. The minimum absolute atomic E-state index is 0.176. The summed E-state index contributed by atoms with van der Waals surface area (Å²) in [5.74, 6) is 0.211. The molecule has 1 saturated heterocycles. The van der Waals surface area contributed by atoms with Gasteiger partial charge in [0.2, 0.25) is 5.95 Å². The van der Waals surface area contributed by atoms with E-state index in [0.29, 0.717) is 13.1 Å². The van der Waals surface area contributed by atoms with Crippen molar-refractivity contribution in [1.29, 1.82) is 0 Å². The van der Waals surface area contributed by atoms with Gasteiger partial charge in [-0.1, -0.05) is 0 Å². The number of carbonyl (C=O) groups excluding carboxylic acids is 1. The van der Waals surface area contributed by atoms with Gasteiger partial charge in [-0.3, -0.25) is 4.79 Å². The summed E-state index contributed by atoms with van der Waals surface area (Å²) in [6.07, 6.45) is -2.93. The van der Waals surface area contributed by atoms with E-state index in [9.17, 15) is 18.0 Å². The summed E-state index contributed by atoms with van der Waals surface area (Å²) in [6.45, 7) is 4.45. The van der Waals surface area contributed by atoms with E-state index in [4.69, 9.17) is 11.6 Å². The van der Waals surface area contributed by atoms with E-state index < -0.39 is 17.1 Å². The summed E-state index contributed by atoms with van der Waals surface area (Å²) in [5, 5.41) is -0.539. The fourth-order valence-electron chi connectivity index (χ4n) is 2.46. The zero-order valence-corrected chi connectivity index (χ0v) is 12.2. The van der Waals surface area contributed by atoms with Crippen molar-refractivity contribution in [2.24, 2.45) is 0 Å². The van der Waals surface area contributed by atoms with Gasteiger partial charge in [0, 0.05) is 37.6 Å². The third kappa shape index (κ3) is 3.37. The minimum Gasteiger partial charge on any atom is -0.337 e. The number of rotatable bonds is 1. The first-order valence-electron chi connectivity index (χ1n) is 6.32. The van der Waals surface area contributed by atoms with Gasteiger partial charge in [-0.25, -0.2) is 9.97 Å². The van der Waals surface area contributed by atoms with Crippen LogP contribution in [-0.2, 0) is 6.18 Å². The number of carbonyl (C=O) groups is 1. The van der Waals surface area contributed by atoms with Gasteiger partial charge in [-0.05, 0) is 25.4 Å². The maximum absolute atomic E-state index is 12.5. The molecule has 0 N–H and O–H groups in total. The van der Waals surface area contributed by atoms with Gasteiger partial charge in [0.1, 0.15) is 0 Å². The third-order valence-electron chi connectivity index (χ3n) is 3.37. The van der Waals surface area contributed by atoms with Crippen molar-refractivity contribution in [3.05, 3.63) is 18.0 Å². The predicted molar refractivity (Wildman–Crippen MR) is 71.3 cm³/mol. The van der Waals surface area contributed by atoms with Gasteiger partial charge in [0.05, 0.1) is 5.56 Å². The molecule has 116 valence electrons. The molecule has 2 heterocycles. The molecule has 2 atom stereocenters. The van der Waals surface area contributed by atoms with Crippen LogP contribution in [0.4, 0.5) is 23.9 Å². The smallest absolute Gasteiger partial charge is 0.337 e. The molecule has 0 aliphatic carbocycles. The molecule has 21 heavy (non-hydrogen) atoms. The molecule has 1 fully saturated rings. The molecule has 1 aliphatic heterocycles. The molecule has 1 aromatic rings. The van der Waals surface area contributed by atoms with E-state index in [0.717, 1.165) is 12.4 Å². The zero-order chi connectivity index (χ0) is 15.8. The Morgan fingerprint density at radius 3 is 2.10 bits per heavy atom. The van der Waals surface area contributed by atoms with Gasteiger partial charge < -0.3 is 9.80 Å². The molecule has 1 aliphatic rings. The van der Waals surface area contributed by atoms with E-state index in [1.807, 2.05) is 13.8 Å². The zero-order valence-electron chi connectivity index (χ0n) is 11.4. The maximum Gasteiger partial charge on any atom is 0.419 e. The topological polar surface area (TPSA) is 49.3 Å². The molecule has 0 spiro atoms. The standard InChI is InChI=1S/C12H14ClF3N4O/c1-7-5-19(6-8(2)20(7)10(13)21)11-17-3-9(4-18-11)12(14,15)16/h3-4,7-8H,5-6H2,1-2H3/t7-,8-/m1/s1. The largest absolute Gasteiger partial charge is 0.419 e. The van der Waals surface area contributed by atoms with Crippen molar-refractivity contribution in [2.75, 3.05) is 18.0 Å². The lowest BCUT2D eigenvalue weighted by Gasteiger charge is -2.43. The van der Waals surface area contributed by atoms with E-state index in [2.05, 4.69) is 9.97 Å². The molecule has 1 aromatic heterocycles. The van der Waals surface area contributed by atoms with Gasteiger partial charge in [0.15, 0.2) is 0 Å². The Labute approximate surface area is 124 Å². The number of amides is 1. The summed E-state index contributed by atoms with van der Waals surface area (Å²) in [6, 6.07) is -0.353. The number of anilines is 1. The van der Waals surface area contributed by atoms with Crippen LogP contribution in [0.1, 0.15) is 19.4 Å². The van der Waals surface area contributed by atoms with Crippen molar-refractivity contribution >= 4 is 22.9 Å². The SMILES string of the molecule is C[C@@H]1CN(c2ncc(C(F)(F)F)cn2)C[C@@H](C)N1C(=O)Cl. The first-order valence-corrected chi connectivity index (χ1v) is 6.70. The number of nitrogens with zero attached hydrogens (tertiary/aromatic N) is 4. The number of aromatic nitrogens is 2. The highest BCUT2D eigenvalue weighted by molar-refractivity contribution is 6.62. The fraction of sp³-hybridized carbons (Fsp3) is 0.583. The number of alkyl halides is 3. The second kappa shape index (κ2) is 5.67. The molecule has 1 amide bonds. The first kappa shape index (κ1) is 15.8. The normalized spacial score (nSPS) is 23.3. The van der Waals surface area contributed by atoms with Gasteiger partial charge >= 0.3 is 11.5 Å². The van der Waals surface area contributed by atoms with Crippen molar-refractivity contribution in [3.63, 3.8) is 0 Å². The number of hydrogen-bond donors (Lipinski definition) is 0. The van der Waals surface area contributed by atoms with Crippen LogP contribution in [-0.4, -0.2) is 45.4 Å². The Kier molecular flexibility index (Phi) is 4.27. The van der Waals surface area contributed by atoms with Crippen LogP contribution in [0.2, 0.25) is 0 Å². The van der Waals surface area contributed by atoms with Crippen LogP contribution in [0.25, 0.3) is 0 Å². The molecular formula is C12H14ClF3N4O. The molecule has 2 rings (SSSR count). The molecule has 9 heteroatoms. The molecule has 0 saturated carbocycles. The van der Waals surface area contributed by atoms with Crippen LogP contribution in [0.15, 0.2) is 12.4 Å². The Bertz CT molecular complexity index is 510.